The van der Waals surface area contributed by atoms with Gasteiger partial charge in [-0.1, -0.05) is 4.85 Å². The summed E-state index contributed by atoms with van der Waals surface area (Å²) in [5.74, 6) is 0. The molecular formula is C8H6F3N3O. The first-order valence-corrected chi connectivity index (χ1v) is 3.95. The molecule has 0 atom stereocenters. The van der Waals surface area contributed by atoms with E-state index in [-0.39, 0.29) is 5.52 Å². The van der Waals surface area contributed by atoms with Gasteiger partial charge in [-0.2, -0.15) is 0 Å². The molecule has 1 aromatic heterocycles. The third-order valence-electron chi connectivity index (χ3n) is 1.75. The summed E-state index contributed by atoms with van der Waals surface area (Å²) in [6.45, 7) is 0. The second kappa shape index (κ2) is 3.04. The number of hydrogen-bond acceptors (Lipinski definition) is 3. The van der Waals surface area contributed by atoms with Gasteiger partial charge >= 0.3 is 6.36 Å². The van der Waals surface area contributed by atoms with Crippen LogP contribution in [0.5, 0.6) is 0 Å². The van der Waals surface area contributed by atoms with Gasteiger partial charge in [0.15, 0.2) is 0 Å². The van der Waals surface area contributed by atoms with Crippen molar-refractivity contribution in [1.82, 2.24) is 9.94 Å². The predicted molar refractivity (Wildman–Crippen MR) is 46.8 cm³/mol. The molecule has 0 fully saturated rings. The van der Waals surface area contributed by atoms with Gasteiger partial charge in [-0.3, -0.25) is 4.84 Å². The molecule has 0 radical (unpaired) electrons. The Morgan fingerprint density at radius 2 is 2.07 bits per heavy atom. The maximum absolute atomic E-state index is 11.9. The van der Waals surface area contributed by atoms with E-state index in [4.69, 9.17) is 5.73 Å². The summed E-state index contributed by atoms with van der Waals surface area (Å²) < 4.78 is 35.8. The number of hydrogen-bond donors (Lipinski definition) is 1. The average Bonchev–Trinajstić information content (AvgIpc) is 2.45. The molecule has 0 amide bonds. The highest BCUT2D eigenvalue weighted by Gasteiger charge is 2.33. The van der Waals surface area contributed by atoms with Crippen LogP contribution in [0.2, 0.25) is 0 Å². The van der Waals surface area contributed by atoms with Gasteiger partial charge in [-0.05, 0) is 18.2 Å². The standard InChI is InChI=1S/C8H6F3N3O/c9-8(10,11)15-14-7-2-1-6(12)3-5(7)4-13-14/h1-4H,12H2. The minimum atomic E-state index is -4.76. The van der Waals surface area contributed by atoms with Crippen LogP contribution in [0.4, 0.5) is 18.9 Å². The largest absolute Gasteiger partial charge is 0.593 e. The number of aromatic nitrogens is 2. The van der Waals surface area contributed by atoms with E-state index in [0.717, 1.165) is 0 Å². The Labute approximate surface area is 82.0 Å². The zero-order chi connectivity index (χ0) is 11.1. The smallest absolute Gasteiger partial charge is 0.399 e. The third kappa shape index (κ3) is 1.95. The van der Waals surface area contributed by atoms with E-state index in [2.05, 4.69) is 9.94 Å². The van der Waals surface area contributed by atoms with Crippen LogP contribution >= 0.6 is 0 Å². The summed E-state index contributed by atoms with van der Waals surface area (Å²) in [5, 5.41) is 3.93. The first-order valence-electron chi connectivity index (χ1n) is 3.95. The maximum atomic E-state index is 11.9. The number of nitrogens with zero attached hydrogens (tertiary/aromatic N) is 2. The van der Waals surface area contributed by atoms with E-state index >= 15 is 0 Å². The Bertz CT molecular complexity index is 491. The van der Waals surface area contributed by atoms with Gasteiger partial charge in [-0.25, -0.2) is 0 Å². The van der Waals surface area contributed by atoms with Crippen LogP contribution in [-0.2, 0) is 0 Å². The minimum Gasteiger partial charge on any atom is -0.399 e. The molecule has 15 heavy (non-hydrogen) atoms. The number of benzene rings is 1. The summed E-state index contributed by atoms with van der Waals surface area (Å²) in [6, 6.07) is 4.39. The van der Waals surface area contributed by atoms with Crippen LogP contribution in [0, 0.1) is 0 Å². The zero-order valence-electron chi connectivity index (χ0n) is 7.32. The van der Waals surface area contributed by atoms with Gasteiger partial charge in [0.2, 0.25) is 0 Å². The molecule has 0 bridgehead atoms. The second-order valence-electron chi connectivity index (χ2n) is 2.87. The Hall–Kier alpha value is -1.92. The van der Waals surface area contributed by atoms with Gasteiger partial charge in [0, 0.05) is 11.1 Å². The van der Waals surface area contributed by atoms with Crippen molar-refractivity contribution in [2.45, 2.75) is 6.36 Å². The Morgan fingerprint density at radius 1 is 1.33 bits per heavy atom. The molecular weight excluding hydrogens is 211 g/mol. The van der Waals surface area contributed by atoms with Crippen molar-refractivity contribution in [3.8, 4) is 0 Å². The number of anilines is 1. The molecule has 0 unspecified atom stereocenters. The van der Waals surface area contributed by atoms with Gasteiger partial charge in [0.25, 0.3) is 0 Å². The first-order chi connectivity index (χ1) is 6.96. The molecule has 4 nitrogen and oxygen atoms in total. The van der Waals surface area contributed by atoms with Crippen LogP contribution in [0.25, 0.3) is 10.9 Å². The van der Waals surface area contributed by atoms with Crippen LogP contribution in [0.1, 0.15) is 0 Å². The van der Waals surface area contributed by atoms with E-state index in [9.17, 15) is 13.2 Å². The number of alkyl halides is 3. The Balaban J connectivity index is 2.45. The highest BCUT2D eigenvalue weighted by molar-refractivity contribution is 5.81. The molecule has 0 saturated heterocycles. The lowest BCUT2D eigenvalue weighted by atomic mass is 10.2. The maximum Gasteiger partial charge on any atom is 0.593 e. The Morgan fingerprint density at radius 3 is 2.73 bits per heavy atom. The van der Waals surface area contributed by atoms with Gasteiger partial charge in [-0.15, -0.1) is 18.3 Å². The molecule has 1 aromatic carbocycles. The average molecular weight is 217 g/mol. The SMILES string of the molecule is Nc1ccc2c(cnn2OC(F)(F)F)c1. The summed E-state index contributed by atoms with van der Waals surface area (Å²) in [7, 11) is 0. The predicted octanol–water partition coefficient (Wildman–Crippen LogP) is 1.57. The monoisotopic (exact) mass is 217 g/mol. The Kier molecular flexibility index (Phi) is 1.95. The summed E-state index contributed by atoms with van der Waals surface area (Å²) in [6.07, 6.45) is -3.52. The van der Waals surface area contributed by atoms with Crippen molar-refractivity contribution >= 4 is 16.6 Å². The lowest BCUT2D eigenvalue weighted by Gasteiger charge is -2.07. The fraction of sp³-hybridized carbons (Fsp3) is 0.125. The first kappa shape index (κ1) is 9.63. The zero-order valence-corrected chi connectivity index (χ0v) is 7.32. The molecule has 0 aliphatic rings. The van der Waals surface area contributed by atoms with Crippen molar-refractivity contribution in [2.24, 2.45) is 0 Å². The van der Waals surface area contributed by atoms with E-state index in [1.54, 1.807) is 0 Å². The third-order valence-corrected chi connectivity index (χ3v) is 1.75. The number of fused-ring (bicyclic) bond motifs is 1. The highest BCUT2D eigenvalue weighted by Crippen LogP contribution is 2.19. The van der Waals surface area contributed by atoms with E-state index < -0.39 is 6.36 Å². The fourth-order valence-electron chi connectivity index (χ4n) is 1.20. The van der Waals surface area contributed by atoms with Crippen molar-refractivity contribution < 1.29 is 18.0 Å². The molecule has 0 saturated carbocycles. The molecule has 2 N–H and O–H groups in total. The van der Waals surface area contributed by atoms with Crippen molar-refractivity contribution in [2.75, 3.05) is 5.73 Å². The molecule has 2 rings (SSSR count). The molecule has 2 aromatic rings. The summed E-state index contributed by atoms with van der Waals surface area (Å²) >= 11 is 0. The van der Waals surface area contributed by atoms with E-state index in [0.29, 0.717) is 15.9 Å². The van der Waals surface area contributed by atoms with E-state index in [1.807, 2.05) is 0 Å². The lowest BCUT2D eigenvalue weighted by Crippen LogP contribution is -2.27. The molecule has 0 spiro atoms. The molecule has 7 heteroatoms. The van der Waals surface area contributed by atoms with E-state index in [1.165, 1.54) is 24.4 Å². The van der Waals surface area contributed by atoms with Crippen LogP contribution < -0.4 is 10.6 Å². The van der Waals surface area contributed by atoms with Crippen molar-refractivity contribution in [3.05, 3.63) is 24.4 Å². The normalized spacial score (nSPS) is 11.9. The molecule has 1 heterocycles. The molecule has 0 aliphatic carbocycles. The minimum absolute atomic E-state index is 0.210. The number of rotatable bonds is 1. The number of nitrogen functional groups attached to an aromatic ring is 1. The summed E-state index contributed by atoms with van der Waals surface area (Å²) in [5.41, 5.74) is 6.12. The molecule has 80 valence electrons. The number of nitrogens with two attached hydrogens (primary N) is 1. The second-order valence-corrected chi connectivity index (χ2v) is 2.87. The van der Waals surface area contributed by atoms with Gasteiger partial charge in [0.05, 0.1) is 6.20 Å². The van der Waals surface area contributed by atoms with Crippen molar-refractivity contribution in [3.63, 3.8) is 0 Å². The quantitative estimate of drug-likeness (QED) is 0.737. The van der Waals surface area contributed by atoms with Crippen LogP contribution in [0.3, 0.4) is 0 Å². The fourth-order valence-corrected chi connectivity index (χ4v) is 1.20. The highest BCUT2D eigenvalue weighted by atomic mass is 19.4. The van der Waals surface area contributed by atoms with Crippen molar-refractivity contribution in [1.29, 1.82) is 0 Å². The number of halogens is 3. The topological polar surface area (TPSA) is 53.1 Å². The molecule has 0 aliphatic heterocycles. The summed E-state index contributed by atoms with van der Waals surface area (Å²) in [4.78, 5) is 4.07. The lowest BCUT2D eigenvalue weighted by molar-refractivity contribution is -0.326. The van der Waals surface area contributed by atoms with Gasteiger partial charge < -0.3 is 5.73 Å². The van der Waals surface area contributed by atoms with Gasteiger partial charge in [0.1, 0.15) is 5.52 Å². The van der Waals surface area contributed by atoms with Crippen LogP contribution in [0.15, 0.2) is 24.4 Å². The van der Waals surface area contributed by atoms with Crippen LogP contribution in [-0.4, -0.2) is 16.3 Å².